The van der Waals surface area contributed by atoms with E-state index < -0.39 is 11.8 Å². The number of ether oxygens (including phenoxy) is 1. The van der Waals surface area contributed by atoms with Gasteiger partial charge in [-0.05, 0) is 32.0 Å². The molecule has 0 aliphatic carbocycles. The highest BCUT2D eigenvalue weighted by Crippen LogP contribution is 2.21. The van der Waals surface area contributed by atoms with Crippen LogP contribution >= 0.6 is 0 Å². The van der Waals surface area contributed by atoms with Gasteiger partial charge in [-0.3, -0.25) is 4.79 Å². The van der Waals surface area contributed by atoms with E-state index in [9.17, 15) is 9.18 Å². The normalized spacial score (nSPS) is 10.4. The van der Waals surface area contributed by atoms with Crippen molar-refractivity contribution in [3.63, 3.8) is 0 Å². The van der Waals surface area contributed by atoms with Crippen molar-refractivity contribution in [3.8, 4) is 5.75 Å². The summed E-state index contributed by atoms with van der Waals surface area (Å²) >= 11 is 0. The summed E-state index contributed by atoms with van der Waals surface area (Å²) < 4.78 is 18.3. The molecule has 1 aromatic carbocycles. The molecular weight excluding hydrogens is 199 g/mol. The summed E-state index contributed by atoms with van der Waals surface area (Å²) in [4.78, 5) is 10.5. The van der Waals surface area contributed by atoms with Crippen molar-refractivity contribution in [2.75, 3.05) is 0 Å². The average Bonchev–Trinajstić information content (AvgIpc) is 2.08. The largest absolute Gasteiger partial charge is 0.491 e. The van der Waals surface area contributed by atoms with Crippen molar-refractivity contribution in [2.24, 2.45) is 0 Å². The molecule has 0 amide bonds. The third-order valence-corrected chi connectivity index (χ3v) is 1.73. The molecule has 0 aliphatic heterocycles. The van der Waals surface area contributed by atoms with Crippen LogP contribution < -0.4 is 4.74 Å². The van der Waals surface area contributed by atoms with Crippen LogP contribution in [0.1, 0.15) is 19.4 Å². The topological polar surface area (TPSA) is 46.5 Å². The van der Waals surface area contributed by atoms with Gasteiger partial charge in [0.25, 0.3) is 0 Å². The molecule has 0 fully saturated rings. The van der Waals surface area contributed by atoms with E-state index in [1.807, 2.05) is 13.8 Å². The highest BCUT2D eigenvalue weighted by Gasteiger charge is 2.10. The van der Waals surface area contributed by atoms with Gasteiger partial charge >= 0.3 is 5.97 Å². The molecule has 15 heavy (non-hydrogen) atoms. The Kier molecular flexibility index (Phi) is 3.66. The molecule has 3 nitrogen and oxygen atoms in total. The Morgan fingerprint density at radius 3 is 2.73 bits per heavy atom. The van der Waals surface area contributed by atoms with Crippen LogP contribution in [-0.4, -0.2) is 17.2 Å². The van der Waals surface area contributed by atoms with Gasteiger partial charge in [0, 0.05) is 5.56 Å². The highest BCUT2D eigenvalue weighted by molar-refractivity contribution is 5.71. The van der Waals surface area contributed by atoms with E-state index in [-0.39, 0.29) is 12.5 Å². The molecule has 0 aliphatic rings. The van der Waals surface area contributed by atoms with E-state index in [1.165, 1.54) is 18.2 Å². The third kappa shape index (κ3) is 3.58. The van der Waals surface area contributed by atoms with Crippen molar-refractivity contribution in [1.82, 2.24) is 0 Å². The first-order chi connectivity index (χ1) is 6.99. The number of rotatable bonds is 4. The summed E-state index contributed by atoms with van der Waals surface area (Å²) in [5.74, 6) is -1.04. The van der Waals surface area contributed by atoms with Gasteiger partial charge in [-0.15, -0.1) is 0 Å². The molecule has 0 heterocycles. The van der Waals surface area contributed by atoms with E-state index >= 15 is 0 Å². The summed E-state index contributed by atoms with van der Waals surface area (Å²) in [6.45, 7) is 3.65. The van der Waals surface area contributed by atoms with Gasteiger partial charge in [0.1, 0.15) is 11.6 Å². The zero-order valence-electron chi connectivity index (χ0n) is 8.66. The van der Waals surface area contributed by atoms with Crippen molar-refractivity contribution in [1.29, 1.82) is 0 Å². The lowest BCUT2D eigenvalue weighted by molar-refractivity contribution is -0.136. The molecule has 0 bridgehead atoms. The van der Waals surface area contributed by atoms with Crippen LogP contribution in [0.5, 0.6) is 5.75 Å². The van der Waals surface area contributed by atoms with E-state index in [2.05, 4.69) is 0 Å². The smallest absolute Gasteiger partial charge is 0.307 e. The second-order valence-electron chi connectivity index (χ2n) is 3.49. The molecule has 0 saturated carbocycles. The van der Waals surface area contributed by atoms with Crippen LogP contribution in [0.4, 0.5) is 4.39 Å². The molecule has 0 radical (unpaired) electrons. The molecular formula is C11H13FO3. The Hall–Kier alpha value is -1.58. The second kappa shape index (κ2) is 4.77. The van der Waals surface area contributed by atoms with Gasteiger partial charge in [-0.25, -0.2) is 4.39 Å². The van der Waals surface area contributed by atoms with Gasteiger partial charge in [0.05, 0.1) is 12.5 Å². The number of carbonyl (C=O) groups is 1. The van der Waals surface area contributed by atoms with Crippen LogP contribution in [0.25, 0.3) is 0 Å². The lowest BCUT2D eigenvalue weighted by atomic mass is 10.1. The Labute approximate surface area is 87.5 Å². The van der Waals surface area contributed by atoms with Crippen molar-refractivity contribution in [3.05, 3.63) is 29.6 Å². The third-order valence-electron chi connectivity index (χ3n) is 1.73. The minimum Gasteiger partial charge on any atom is -0.491 e. The first-order valence-electron chi connectivity index (χ1n) is 4.66. The molecule has 0 atom stereocenters. The molecule has 0 saturated heterocycles. The zero-order chi connectivity index (χ0) is 11.4. The highest BCUT2D eigenvalue weighted by atomic mass is 19.1. The number of hydrogen-bond acceptors (Lipinski definition) is 2. The minimum atomic E-state index is -1.01. The quantitative estimate of drug-likeness (QED) is 0.832. The lowest BCUT2D eigenvalue weighted by Gasteiger charge is -2.13. The molecule has 4 heteroatoms. The molecule has 1 aromatic rings. The van der Waals surface area contributed by atoms with Crippen molar-refractivity contribution in [2.45, 2.75) is 26.4 Å². The number of carboxylic acids is 1. The van der Waals surface area contributed by atoms with Crippen LogP contribution in [0.15, 0.2) is 18.2 Å². The lowest BCUT2D eigenvalue weighted by Crippen LogP contribution is -2.09. The molecule has 0 spiro atoms. The van der Waals surface area contributed by atoms with Crippen molar-refractivity contribution >= 4 is 5.97 Å². The minimum absolute atomic E-state index is 0.0667. The summed E-state index contributed by atoms with van der Waals surface area (Å²) in [5, 5.41) is 8.64. The first-order valence-corrected chi connectivity index (χ1v) is 4.66. The Bertz CT molecular complexity index is 361. The van der Waals surface area contributed by atoms with Gasteiger partial charge in [-0.2, -0.15) is 0 Å². The first kappa shape index (κ1) is 11.5. The average molecular weight is 212 g/mol. The summed E-state index contributed by atoms with van der Waals surface area (Å²) in [7, 11) is 0. The van der Waals surface area contributed by atoms with Crippen LogP contribution in [0, 0.1) is 5.82 Å². The molecule has 1 N–H and O–H groups in total. The molecule has 0 unspecified atom stereocenters. The number of carboxylic acid groups (broad SMARTS) is 1. The molecule has 0 aromatic heterocycles. The summed E-state index contributed by atoms with van der Waals surface area (Å²) in [6.07, 6.45) is -0.303. The van der Waals surface area contributed by atoms with Crippen molar-refractivity contribution < 1.29 is 19.0 Å². The fraction of sp³-hybridized carbons (Fsp3) is 0.364. The van der Waals surface area contributed by atoms with Crippen LogP contribution in [-0.2, 0) is 11.2 Å². The van der Waals surface area contributed by atoms with Gasteiger partial charge < -0.3 is 9.84 Å². The van der Waals surface area contributed by atoms with E-state index in [0.717, 1.165) is 0 Å². The maximum Gasteiger partial charge on any atom is 0.307 e. The number of benzene rings is 1. The molecule has 82 valence electrons. The van der Waals surface area contributed by atoms with Gasteiger partial charge in [-0.1, -0.05) is 0 Å². The predicted octanol–water partition coefficient (Wildman–Crippen LogP) is 2.24. The Morgan fingerprint density at radius 2 is 2.20 bits per heavy atom. The number of hydrogen-bond donors (Lipinski definition) is 1. The van der Waals surface area contributed by atoms with E-state index in [4.69, 9.17) is 9.84 Å². The fourth-order valence-corrected chi connectivity index (χ4v) is 1.22. The SMILES string of the molecule is CC(C)Oc1ccc(F)cc1CC(=O)O. The van der Waals surface area contributed by atoms with Gasteiger partial charge in [0.2, 0.25) is 0 Å². The Morgan fingerprint density at radius 1 is 1.53 bits per heavy atom. The summed E-state index contributed by atoms with van der Waals surface area (Å²) in [6, 6.07) is 3.89. The maximum absolute atomic E-state index is 12.9. The molecule has 1 rings (SSSR count). The Balaban J connectivity index is 2.97. The number of aliphatic carboxylic acids is 1. The maximum atomic E-state index is 12.9. The fourth-order valence-electron chi connectivity index (χ4n) is 1.22. The monoisotopic (exact) mass is 212 g/mol. The zero-order valence-corrected chi connectivity index (χ0v) is 8.66. The standard InChI is InChI=1S/C11H13FO3/c1-7(2)15-10-4-3-9(12)5-8(10)6-11(13)14/h3-5,7H,6H2,1-2H3,(H,13,14). The number of halogens is 1. The van der Waals surface area contributed by atoms with Crippen LogP contribution in [0.3, 0.4) is 0 Å². The van der Waals surface area contributed by atoms with Crippen LogP contribution in [0.2, 0.25) is 0 Å². The predicted molar refractivity (Wildman–Crippen MR) is 53.5 cm³/mol. The summed E-state index contributed by atoms with van der Waals surface area (Å²) in [5.41, 5.74) is 0.358. The van der Waals surface area contributed by atoms with E-state index in [1.54, 1.807) is 0 Å². The van der Waals surface area contributed by atoms with E-state index in [0.29, 0.717) is 11.3 Å². The van der Waals surface area contributed by atoms with Gasteiger partial charge in [0.15, 0.2) is 0 Å². The second-order valence-corrected chi connectivity index (χ2v) is 3.49.